The van der Waals surface area contributed by atoms with Gasteiger partial charge in [0.25, 0.3) is 5.91 Å². The zero-order valence-corrected chi connectivity index (χ0v) is 16.4. The molecular formula is C21H22N4O4. The molecule has 1 aliphatic heterocycles. The van der Waals surface area contributed by atoms with Crippen molar-refractivity contribution >= 4 is 5.91 Å². The second kappa shape index (κ2) is 8.30. The van der Waals surface area contributed by atoms with Crippen molar-refractivity contribution < 1.29 is 18.8 Å². The van der Waals surface area contributed by atoms with Gasteiger partial charge in [-0.05, 0) is 44.2 Å². The first-order valence-electron chi connectivity index (χ1n) is 9.62. The fourth-order valence-corrected chi connectivity index (χ4v) is 3.18. The summed E-state index contributed by atoms with van der Waals surface area (Å²) >= 11 is 0. The van der Waals surface area contributed by atoms with E-state index in [1.165, 1.54) is 0 Å². The van der Waals surface area contributed by atoms with E-state index in [0.717, 1.165) is 5.56 Å². The quantitative estimate of drug-likeness (QED) is 0.608. The molecule has 0 bridgehead atoms. The molecule has 1 saturated heterocycles. The van der Waals surface area contributed by atoms with Crippen LogP contribution in [0.5, 0.6) is 11.5 Å². The lowest BCUT2D eigenvalue weighted by Crippen LogP contribution is -2.48. The first-order chi connectivity index (χ1) is 14.2. The van der Waals surface area contributed by atoms with Crippen molar-refractivity contribution in [3.8, 4) is 22.9 Å². The Morgan fingerprint density at radius 3 is 2.69 bits per heavy atom. The Labute approximate surface area is 168 Å². The number of hydrogen-bond acceptors (Lipinski definition) is 7. The molecule has 0 unspecified atom stereocenters. The SMILES string of the molecule is CCOc1ccc(C(=O)N2CC(c3nc(-c4cccnc4)no3)C2)cc1OCC. The van der Waals surface area contributed by atoms with E-state index >= 15 is 0 Å². The highest BCUT2D eigenvalue weighted by molar-refractivity contribution is 5.95. The van der Waals surface area contributed by atoms with Gasteiger partial charge >= 0.3 is 0 Å². The van der Waals surface area contributed by atoms with Crippen molar-refractivity contribution in [1.29, 1.82) is 0 Å². The average molecular weight is 394 g/mol. The van der Waals surface area contributed by atoms with E-state index in [1.54, 1.807) is 35.5 Å². The van der Waals surface area contributed by atoms with E-state index < -0.39 is 0 Å². The molecule has 150 valence electrons. The van der Waals surface area contributed by atoms with Crippen LogP contribution in [0.15, 0.2) is 47.2 Å². The van der Waals surface area contributed by atoms with E-state index in [2.05, 4.69) is 15.1 Å². The van der Waals surface area contributed by atoms with Gasteiger partial charge in [0.15, 0.2) is 11.5 Å². The van der Waals surface area contributed by atoms with Gasteiger partial charge in [-0.25, -0.2) is 0 Å². The van der Waals surface area contributed by atoms with Crippen LogP contribution in [-0.4, -0.2) is 52.2 Å². The maximum absolute atomic E-state index is 12.8. The zero-order valence-electron chi connectivity index (χ0n) is 16.4. The number of ether oxygens (including phenoxy) is 2. The molecule has 0 spiro atoms. The highest BCUT2D eigenvalue weighted by Gasteiger charge is 2.36. The lowest BCUT2D eigenvalue weighted by molar-refractivity contribution is 0.0568. The zero-order chi connectivity index (χ0) is 20.2. The molecule has 0 radical (unpaired) electrons. The average Bonchev–Trinajstić information content (AvgIpc) is 3.19. The predicted octanol–water partition coefficient (Wildman–Crippen LogP) is 3.17. The third kappa shape index (κ3) is 3.91. The van der Waals surface area contributed by atoms with Gasteiger partial charge in [0.05, 0.1) is 19.1 Å². The van der Waals surface area contributed by atoms with Gasteiger partial charge < -0.3 is 18.9 Å². The predicted molar refractivity (Wildman–Crippen MR) is 105 cm³/mol. The van der Waals surface area contributed by atoms with Crippen LogP contribution in [-0.2, 0) is 0 Å². The standard InChI is InChI=1S/C21H22N4O4/c1-3-27-17-8-7-14(10-18(17)28-4-2)21(26)25-12-16(13-25)20-23-19(24-29-20)15-6-5-9-22-11-15/h5-11,16H,3-4,12-13H2,1-2H3. The highest BCUT2D eigenvalue weighted by Crippen LogP contribution is 2.32. The Morgan fingerprint density at radius 1 is 1.17 bits per heavy atom. The van der Waals surface area contributed by atoms with E-state index in [9.17, 15) is 4.79 Å². The fourth-order valence-electron chi connectivity index (χ4n) is 3.18. The minimum absolute atomic E-state index is 0.0333. The van der Waals surface area contributed by atoms with Gasteiger partial charge in [-0.1, -0.05) is 5.16 Å². The van der Waals surface area contributed by atoms with Gasteiger partial charge in [-0.2, -0.15) is 4.98 Å². The second-order valence-corrected chi connectivity index (χ2v) is 6.63. The summed E-state index contributed by atoms with van der Waals surface area (Å²) in [4.78, 5) is 23.1. The first kappa shape index (κ1) is 18.9. The number of carbonyl (C=O) groups excluding carboxylic acids is 1. The van der Waals surface area contributed by atoms with Gasteiger partial charge in [0, 0.05) is 36.6 Å². The van der Waals surface area contributed by atoms with Gasteiger partial charge in [-0.3, -0.25) is 9.78 Å². The minimum atomic E-state index is -0.0581. The molecule has 2 aromatic heterocycles. The maximum Gasteiger partial charge on any atom is 0.254 e. The molecule has 1 amide bonds. The minimum Gasteiger partial charge on any atom is -0.490 e. The molecule has 29 heavy (non-hydrogen) atoms. The number of aromatic nitrogens is 3. The van der Waals surface area contributed by atoms with E-state index in [-0.39, 0.29) is 11.8 Å². The molecule has 0 atom stereocenters. The number of carbonyl (C=O) groups is 1. The summed E-state index contributed by atoms with van der Waals surface area (Å²) in [5.74, 6) is 2.24. The van der Waals surface area contributed by atoms with E-state index in [1.807, 2.05) is 26.0 Å². The molecule has 1 fully saturated rings. The number of likely N-dealkylation sites (tertiary alicyclic amines) is 1. The molecule has 3 heterocycles. The summed E-state index contributed by atoms with van der Waals surface area (Å²) in [6.07, 6.45) is 3.38. The molecule has 1 aromatic carbocycles. The summed E-state index contributed by atoms with van der Waals surface area (Å²) in [6, 6.07) is 8.97. The molecule has 0 aliphatic carbocycles. The maximum atomic E-state index is 12.8. The molecular weight excluding hydrogens is 372 g/mol. The lowest BCUT2D eigenvalue weighted by Gasteiger charge is -2.37. The van der Waals surface area contributed by atoms with Crippen LogP contribution in [0, 0.1) is 0 Å². The Morgan fingerprint density at radius 2 is 1.97 bits per heavy atom. The normalized spacial score (nSPS) is 13.8. The molecule has 8 heteroatoms. The van der Waals surface area contributed by atoms with Crippen LogP contribution in [0.3, 0.4) is 0 Å². The van der Waals surface area contributed by atoms with Crippen molar-refractivity contribution in [2.75, 3.05) is 26.3 Å². The number of benzene rings is 1. The van der Waals surface area contributed by atoms with Crippen LogP contribution in [0.1, 0.15) is 36.0 Å². The van der Waals surface area contributed by atoms with Crippen LogP contribution < -0.4 is 9.47 Å². The number of hydrogen-bond donors (Lipinski definition) is 0. The number of nitrogens with zero attached hydrogens (tertiary/aromatic N) is 4. The Balaban J connectivity index is 1.41. The van der Waals surface area contributed by atoms with Crippen molar-refractivity contribution in [2.24, 2.45) is 0 Å². The number of rotatable bonds is 7. The Bertz CT molecular complexity index is 983. The smallest absolute Gasteiger partial charge is 0.254 e. The molecule has 3 aromatic rings. The third-order valence-electron chi connectivity index (χ3n) is 4.67. The monoisotopic (exact) mass is 394 g/mol. The molecule has 0 saturated carbocycles. The molecule has 4 rings (SSSR count). The molecule has 1 aliphatic rings. The summed E-state index contributed by atoms with van der Waals surface area (Å²) in [7, 11) is 0. The topological polar surface area (TPSA) is 90.6 Å². The van der Waals surface area contributed by atoms with Crippen LogP contribution in [0.2, 0.25) is 0 Å². The van der Waals surface area contributed by atoms with Gasteiger partial charge in [0.1, 0.15) is 0 Å². The van der Waals surface area contributed by atoms with Crippen LogP contribution in [0.25, 0.3) is 11.4 Å². The molecule has 8 nitrogen and oxygen atoms in total. The van der Waals surface area contributed by atoms with Crippen molar-refractivity contribution in [3.05, 3.63) is 54.2 Å². The number of amides is 1. The van der Waals surface area contributed by atoms with Crippen molar-refractivity contribution in [2.45, 2.75) is 19.8 Å². The van der Waals surface area contributed by atoms with E-state index in [4.69, 9.17) is 14.0 Å². The summed E-state index contributed by atoms with van der Waals surface area (Å²) < 4.78 is 16.6. The Kier molecular flexibility index (Phi) is 5.41. The Hall–Kier alpha value is -3.42. The van der Waals surface area contributed by atoms with Crippen molar-refractivity contribution in [3.63, 3.8) is 0 Å². The molecule has 0 N–H and O–H groups in total. The second-order valence-electron chi connectivity index (χ2n) is 6.63. The van der Waals surface area contributed by atoms with Crippen LogP contribution in [0.4, 0.5) is 0 Å². The van der Waals surface area contributed by atoms with Crippen LogP contribution >= 0.6 is 0 Å². The van der Waals surface area contributed by atoms with E-state index in [0.29, 0.717) is 55.1 Å². The summed E-state index contributed by atoms with van der Waals surface area (Å²) in [5, 5.41) is 4.02. The third-order valence-corrected chi connectivity index (χ3v) is 4.67. The largest absolute Gasteiger partial charge is 0.490 e. The number of pyridine rings is 1. The van der Waals surface area contributed by atoms with Gasteiger partial charge in [0.2, 0.25) is 11.7 Å². The highest BCUT2D eigenvalue weighted by atomic mass is 16.5. The summed E-state index contributed by atoms with van der Waals surface area (Å²) in [6.45, 7) is 5.91. The first-order valence-corrected chi connectivity index (χ1v) is 9.62. The fraction of sp³-hybridized carbons (Fsp3) is 0.333. The van der Waals surface area contributed by atoms with Gasteiger partial charge in [-0.15, -0.1) is 0 Å². The van der Waals surface area contributed by atoms with Crippen molar-refractivity contribution in [1.82, 2.24) is 20.0 Å². The summed E-state index contributed by atoms with van der Waals surface area (Å²) in [5.41, 5.74) is 1.37. The lowest BCUT2D eigenvalue weighted by atomic mass is 9.98.